The Labute approximate surface area is 139 Å². The number of carbonyl (C=O) groups excluding carboxylic acids is 1. The smallest absolute Gasteiger partial charge is 0.280 e. The van der Waals surface area contributed by atoms with Gasteiger partial charge in [-0.05, 0) is 22.9 Å². The monoisotopic (exact) mass is 377 g/mol. The maximum atomic E-state index is 12.0. The van der Waals surface area contributed by atoms with Gasteiger partial charge in [0, 0.05) is 11.6 Å². The molecule has 0 atom stereocenters. The zero-order chi connectivity index (χ0) is 15.5. The van der Waals surface area contributed by atoms with Crippen LogP contribution < -0.4 is 5.32 Å². The first-order chi connectivity index (χ1) is 10.6. The summed E-state index contributed by atoms with van der Waals surface area (Å²) in [4.78, 5) is 16.2. The molecule has 112 valence electrons. The van der Waals surface area contributed by atoms with E-state index < -0.39 is 0 Å². The summed E-state index contributed by atoms with van der Waals surface area (Å²) in [6.45, 7) is 2.15. The fourth-order valence-corrected chi connectivity index (χ4v) is 3.11. The molecule has 0 aliphatic heterocycles. The Kier molecular flexibility index (Phi) is 4.35. The Morgan fingerprint density at radius 2 is 2.14 bits per heavy atom. The van der Waals surface area contributed by atoms with Crippen LogP contribution in [0.4, 0.5) is 0 Å². The van der Waals surface area contributed by atoms with Crippen LogP contribution in [0.1, 0.15) is 21.2 Å². The molecular formula is C15H12BrN3O2S. The van der Waals surface area contributed by atoms with Crippen molar-refractivity contribution in [3.05, 3.63) is 56.6 Å². The lowest BCUT2D eigenvalue weighted by molar-refractivity contribution is 0.0949. The highest BCUT2D eigenvalue weighted by Crippen LogP contribution is 2.24. The SMILES string of the molecule is Cc1nc(C(=O)NCc2cc(-c3ccccc3)on2)sc1Br. The van der Waals surface area contributed by atoms with Gasteiger partial charge >= 0.3 is 0 Å². The van der Waals surface area contributed by atoms with Crippen molar-refractivity contribution < 1.29 is 9.32 Å². The lowest BCUT2D eigenvalue weighted by Gasteiger charge is -1.98. The second-order valence-electron chi connectivity index (χ2n) is 4.61. The van der Waals surface area contributed by atoms with Crippen molar-refractivity contribution in [2.75, 3.05) is 0 Å². The number of nitrogens with one attached hydrogen (secondary N) is 1. The van der Waals surface area contributed by atoms with Gasteiger partial charge in [0.05, 0.1) is 16.0 Å². The summed E-state index contributed by atoms with van der Waals surface area (Å²) in [6.07, 6.45) is 0. The molecule has 3 rings (SSSR count). The van der Waals surface area contributed by atoms with E-state index in [-0.39, 0.29) is 5.91 Å². The molecule has 0 fully saturated rings. The first-order valence-electron chi connectivity index (χ1n) is 6.55. The van der Waals surface area contributed by atoms with Gasteiger partial charge in [0.1, 0.15) is 5.69 Å². The second kappa shape index (κ2) is 6.41. The number of carbonyl (C=O) groups is 1. The molecule has 0 bridgehead atoms. The van der Waals surface area contributed by atoms with Crippen LogP contribution in [0.25, 0.3) is 11.3 Å². The Hall–Kier alpha value is -1.99. The van der Waals surface area contributed by atoms with Gasteiger partial charge in [-0.15, -0.1) is 11.3 Å². The molecule has 0 aliphatic rings. The molecular weight excluding hydrogens is 366 g/mol. The minimum atomic E-state index is -0.219. The molecule has 2 aromatic heterocycles. The van der Waals surface area contributed by atoms with E-state index in [1.807, 2.05) is 43.3 Å². The van der Waals surface area contributed by atoms with Crippen LogP contribution in [0, 0.1) is 6.92 Å². The number of halogens is 1. The molecule has 1 N–H and O–H groups in total. The highest BCUT2D eigenvalue weighted by atomic mass is 79.9. The van der Waals surface area contributed by atoms with Gasteiger partial charge in [-0.25, -0.2) is 4.98 Å². The third-order valence-electron chi connectivity index (χ3n) is 2.98. The number of thiazole rings is 1. The molecule has 2 heterocycles. The highest BCUT2D eigenvalue weighted by molar-refractivity contribution is 9.11. The van der Waals surface area contributed by atoms with E-state index >= 15 is 0 Å². The number of nitrogens with zero attached hydrogens (tertiary/aromatic N) is 2. The Balaban J connectivity index is 1.65. The average Bonchev–Trinajstić information content (AvgIpc) is 3.13. The largest absolute Gasteiger partial charge is 0.356 e. The fourth-order valence-electron chi connectivity index (χ4n) is 1.85. The van der Waals surface area contributed by atoms with Gasteiger partial charge in [0.25, 0.3) is 5.91 Å². The number of amides is 1. The van der Waals surface area contributed by atoms with Crippen molar-refractivity contribution in [2.45, 2.75) is 13.5 Å². The van der Waals surface area contributed by atoms with Gasteiger partial charge in [-0.1, -0.05) is 35.5 Å². The van der Waals surface area contributed by atoms with Crippen molar-refractivity contribution in [3.8, 4) is 11.3 Å². The third kappa shape index (κ3) is 3.26. The summed E-state index contributed by atoms with van der Waals surface area (Å²) in [5.41, 5.74) is 2.43. The lowest BCUT2D eigenvalue weighted by atomic mass is 10.2. The maximum Gasteiger partial charge on any atom is 0.280 e. The normalized spacial score (nSPS) is 10.6. The van der Waals surface area contributed by atoms with E-state index in [1.54, 1.807) is 0 Å². The summed E-state index contributed by atoms with van der Waals surface area (Å²) in [7, 11) is 0. The van der Waals surface area contributed by atoms with Crippen LogP contribution in [-0.4, -0.2) is 16.0 Å². The molecule has 0 radical (unpaired) electrons. The average molecular weight is 378 g/mol. The van der Waals surface area contributed by atoms with E-state index in [0.717, 1.165) is 15.0 Å². The van der Waals surface area contributed by atoms with Gasteiger partial charge < -0.3 is 9.84 Å². The fraction of sp³-hybridized carbons (Fsp3) is 0.133. The number of benzene rings is 1. The Bertz CT molecular complexity index is 779. The Morgan fingerprint density at radius 3 is 2.82 bits per heavy atom. The molecule has 0 unspecified atom stereocenters. The number of aryl methyl sites for hydroxylation is 1. The van der Waals surface area contributed by atoms with Gasteiger partial charge in [-0.3, -0.25) is 4.79 Å². The van der Waals surface area contributed by atoms with E-state index in [1.165, 1.54) is 11.3 Å². The molecule has 1 amide bonds. The molecule has 1 aromatic carbocycles. The van der Waals surface area contributed by atoms with E-state index in [0.29, 0.717) is 23.0 Å². The quantitative estimate of drug-likeness (QED) is 0.750. The summed E-state index contributed by atoms with van der Waals surface area (Å²) < 4.78 is 6.16. The Morgan fingerprint density at radius 1 is 1.36 bits per heavy atom. The van der Waals surface area contributed by atoms with Crippen molar-refractivity contribution >= 4 is 33.2 Å². The molecule has 5 nitrogen and oxygen atoms in total. The molecule has 0 saturated heterocycles. The van der Waals surface area contributed by atoms with Crippen LogP contribution in [0.15, 0.2) is 44.7 Å². The standard InChI is InChI=1S/C15H12BrN3O2S/c1-9-13(16)22-15(18-9)14(20)17-8-11-7-12(21-19-11)10-5-3-2-4-6-10/h2-7H,8H2,1H3,(H,17,20). The second-order valence-corrected chi connectivity index (χ2v) is 6.93. The number of aromatic nitrogens is 2. The minimum Gasteiger partial charge on any atom is -0.356 e. The van der Waals surface area contributed by atoms with Gasteiger partial charge in [-0.2, -0.15) is 0 Å². The predicted molar refractivity (Wildman–Crippen MR) is 87.7 cm³/mol. The highest BCUT2D eigenvalue weighted by Gasteiger charge is 2.14. The third-order valence-corrected chi connectivity index (χ3v) is 4.99. The molecule has 7 heteroatoms. The van der Waals surface area contributed by atoms with Crippen LogP contribution in [0.2, 0.25) is 0 Å². The van der Waals surface area contributed by atoms with E-state index in [9.17, 15) is 4.79 Å². The van der Waals surface area contributed by atoms with Crippen LogP contribution in [0.5, 0.6) is 0 Å². The number of hydrogen-bond donors (Lipinski definition) is 1. The molecule has 0 aliphatic carbocycles. The topological polar surface area (TPSA) is 68.0 Å². The first kappa shape index (κ1) is 14.9. The number of rotatable bonds is 4. The van der Waals surface area contributed by atoms with Crippen molar-refractivity contribution in [1.29, 1.82) is 0 Å². The minimum absolute atomic E-state index is 0.219. The molecule has 22 heavy (non-hydrogen) atoms. The lowest BCUT2D eigenvalue weighted by Crippen LogP contribution is -2.22. The van der Waals surface area contributed by atoms with E-state index in [2.05, 4.69) is 31.4 Å². The van der Waals surface area contributed by atoms with Crippen LogP contribution in [-0.2, 0) is 6.54 Å². The zero-order valence-corrected chi connectivity index (χ0v) is 14.1. The van der Waals surface area contributed by atoms with Gasteiger partial charge in [0.15, 0.2) is 10.8 Å². The van der Waals surface area contributed by atoms with Crippen molar-refractivity contribution in [1.82, 2.24) is 15.5 Å². The van der Waals surface area contributed by atoms with Crippen LogP contribution in [0.3, 0.4) is 0 Å². The van der Waals surface area contributed by atoms with Gasteiger partial charge in [0.2, 0.25) is 0 Å². The summed E-state index contributed by atoms with van der Waals surface area (Å²) in [5.74, 6) is 0.459. The van der Waals surface area contributed by atoms with Crippen molar-refractivity contribution in [3.63, 3.8) is 0 Å². The van der Waals surface area contributed by atoms with Crippen molar-refractivity contribution in [2.24, 2.45) is 0 Å². The molecule has 0 saturated carbocycles. The number of hydrogen-bond acceptors (Lipinski definition) is 5. The molecule has 3 aromatic rings. The summed E-state index contributed by atoms with van der Waals surface area (Å²) in [6, 6.07) is 11.5. The van der Waals surface area contributed by atoms with E-state index in [4.69, 9.17) is 4.52 Å². The molecule has 0 spiro atoms. The first-order valence-corrected chi connectivity index (χ1v) is 8.16. The summed E-state index contributed by atoms with van der Waals surface area (Å²) in [5, 5.41) is 7.18. The van der Waals surface area contributed by atoms with Crippen LogP contribution >= 0.6 is 27.3 Å². The predicted octanol–water partition coefficient (Wildman–Crippen LogP) is 3.80. The zero-order valence-electron chi connectivity index (χ0n) is 11.7. The summed E-state index contributed by atoms with van der Waals surface area (Å²) >= 11 is 4.67. The maximum absolute atomic E-state index is 12.0.